The zero-order valence-corrected chi connectivity index (χ0v) is 12.1. The molecule has 0 spiro atoms. The van der Waals surface area contributed by atoms with Crippen molar-refractivity contribution in [3.8, 4) is 5.75 Å². The van der Waals surface area contributed by atoms with Crippen LogP contribution in [-0.2, 0) is 14.8 Å². The van der Waals surface area contributed by atoms with Gasteiger partial charge in [0.15, 0.2) is 6.61 Å². The molecule has 0 saturated heterocycles. The van der Waals surface area contributed by atoms with Crippen molar-refractivity contribution < 1.29 is 17.9 Å². The number of carbonyl (C=O) groups excluding carboxylic acids is 1. The molecule has 7 nitrogen and oxygen atoms in total. The minimum atomic E-state index is -3.32. The molecule has 0 saturated carbocycles. The molecule has 0 radical (unpaired) electrons. The summed E-state index contributed by atoms with van der Waals surface area (Å²) in [6.07, 6.45) is 0. The molecular weight excluding hydrogens is 282 g/mol. The largest absolute Gasteiger partial charge is 0.484 e. The van der Waals surface area contributed by atoms with Crippen molar-refractivity contribution >= 4 is 21.6 Å². The lowest BCUT2D eigenvalue weighted by molar-refractivity contribution is -0.122. The van der Waals surface area contributed by atoms with Crippen LogP contribution in [0.1, 0.15) is 6.92 Å². The van der Waals surface area contributed by atoms with Crippen molar-refractivity contribution in [3.05, 3.63) is 24.3 Å². The maximum atomic E-state index is 11.5. The van der Waals surface area contributed by atoms with Gasteiger partial charge in [0.25, 0.3) is 5.91 Å². The van der Waals surface area contributed by atoms with Crippen molar-refractivity contribution in [3.63, 3.8) is 0 Å². The fourth-order valence-corrected chi connectivity index (χ4v) is 2.34. The minimum absolute atomic E-state index is 0.0409. The third-order valence-corrected chi connectivity index (χ3v) is 3.78. The Morgan fingerprint density at radius 3 is 2.55 bits per heavy atom. The van der Waals surface area contributed by atoms with Gasteiger partial charge in [-0.3, -0.25) is 4.79 Å². The summed E-state index contributed by atoms with van der Waals surface area (Å²) in [6.45, 7) is 1.89. The molecule has 0 bridgehead atoms. The van der Waals surface area contributed by atoms with E-state index in [-0.39, 0.29) is 24.8 Å². The average Bonchev–Trinajstić information content (AvgIpc) is 2.37. The number of nitrogens with two attached hydrogens (primary N) is 1. The van der Waals surface area contributed by atoms with E-state index in [1.807, 2.05) is 0 Å². The van der Waals surface area contributed by atoms with E-state index >= 15 is 0 Å². The second kappa shape index (κ2) is 7.71. The summed E-state index contributed by atoms with van der Waals surface area (Å²) in [4.78, 5) is 11.5. The quantitative estimate of drug-likeness (QED) is 0.571. The summed E-state index contributed by atoms with van der Waals surface area (Å²) in [7, 11) is -3.32. The highest BCUT2D eigenvalue weighted by atomic mass is 32.2. The van der Waals surface area contributed by atoms with Crippen LogP contribution in [0.3, 0.4) is 0 Å². The fourth-order valence-electron chi connectivity index (χ4n) is 1.38. The van der Waals surface area contributed by atoms with E-state index in [0.717, 1.165) is 0 Å². The number of nitrogens with one attached hydrogen (secondary N) is 2. The normalized spacial score (nSPS) is 11.1. The molecule has 4 N–H and O–H groups in total. The van der Waals surface area contributed by atoms with Crippen LogP contribution in [0, 0.1) is 0 Å². The molecule has 0 aliphatic heterocycles. The SMILES string of the molecule is CCNS(=O)(=O)CCNC(=O)COc1ccc(N)cc1. The van der Waals surface area contributed by atoms with Gasteiger partial charge in [-0.2, -0.15) is 0 Å². The lowest BCUT2D eigenvalue weighted by atomic mass is 10.3. The third kappa shape index (κ3) is 6.39. The maximum absolute atomic E-state index is 11.5. The molecule has 0 unspecified atom stereocenters. The van der Waals surface area contributed by atoms with Gasteiger partial charge in [0.1, 0.15) is 5.75 Å². The van der Waals surface area contributed by atoms with Gasteiger partial charge < -0.3 is 15.8 Å². The van der Waals surface area contributed by atoms with Gasteiger partial charge in [0, 0.05) is 18.8 Å². The van der Waals surface area contributed by atoms with Crippen molar-refractivity contribution in [1.29, 1.82) is 0 Å². The first-order chi connectivity index (χ1) is 9.43. The molecular formula is C12H19N3O4S. The molecule has 1 aromatic carbocycles. The molecule has 20 heavy (non-hydrogen) atoms. The summed E-state index contributed by atoms with van der Waals surface area (Å²) in [5.74, 6) is -0.0165. The number of sulfonamides is 1. The van der Waals surface area contributed by atoms with Gasteiger partial charge in [-0.15, -0.1) is 0 Å². The predicted molar refractivity (Wildman–Crippen MR) is 76.8 cm³/mol. The van der Waals surface area contributed by atoms with Crippen molar-refractivity contribution in [2.45, 2.75) is 6.92 Å². The summed E-state index contributed by atoms with van der Waals surface area (Å²) in [5, 5.41) is 2.47. The first-order valence-corrected chi connectivity index (χ1v) is 7.80. The van der Waals surface area contributed by atoms with Crippen LogP contribution in [0.25, 0.3) is 0 Å². The van der Waals surface area contributed by atoms with Crippen LogP contribution in [0.2, 0.25) is 0 Å². The Labute approximate surface area is 118 Å². The zero-order valence-electron chi connectivity index (χ0n) is 11.3. The van der Waals surface area contributed by atoms with Crippen LogP contribution in [0.4, 0.5) is 5.69 Å². The van der Waals surface area contributed by atoms with Crippen molar-refractivity contribution in [2.75, 3.05) is 31.2 Å². The highest BCUT2D eigenvalue weighted by molar-refractivity contribution is 7.89. The molecule has 1 amide bonds. The van der Waals surface area contributed by atoms with E-state index < -0.39 is 10.0 Å². The molecule has 0 heterocycles. The molecule has 8 heteroatoms. The Kier molecular flexibility index (Phi) is 6.26. The fraction of sp³-hybridized carbons (Fsp3) is 0.417. The number of benzene rings is 1. The Morgan fingerprint density at radius 1 is 1.30 bits per heavy atom. The number of rotatable bonds is 8. The smallest absolute Gasteiger partial charge is 0.257 e. The standard InChI is InChI=1S/C12H19N3O4S/c1-2-15-20(17,18)8-7-14-12(16)9-19-11-5-3-10(13)4-6-11/h3-6,15H,2,7-9,13H2,1H3,(H,14,16). The minimum Gasteiger partial charge on any atom is -0.484 e. The maximum Gasteiger partial charge on any atom is 0.257 e. The molecule has 0 fully saturated rings. The van der Waals surface area contributed by atoms with Crippen LogP contribution in [0.15, 0.2) is 24.3 Å². The third-order valence-electron chi connectivity index (χ3n) is 2.31. The summed E-state index contributed by atoms with van der Waals surface area (Å²) in [5.41, 5.74) is 6.12. The number of anilines is 1. The molecule has 0 aliphatic carbocycles. The molecule has 0 atom stereocenters. The lowest BCUT2D eigenvalue weighted by Crippen LogP contribution is -2.36. The van der Waals surface area contributed by atoms with Crippen LogP contribution in [-0.4, -0.2) is 39.8 Å². The van der Waals surface area contributed by atoms with E-state index in [1.165, 1.54) is 0 Å². The Balaban J connectivity index is 2.25. The number of nitrogen functional groups attached to an aromatic ring is 1. The van der Waals surface area contributed by atoms with E-state index in [0.29, 0.717) is 18.0 Å². The molecule has 1 rings (SSSR count). The Bertz CT molecular complexity index is 528. The molecule has 0 aromatic heterocycles. The zero-order chi connectivity index (χ0) is 15.0. The second-order valence-corrected chi connectivity index (χ2v) is 5.95. The van der Waals surface area contributed by atoms with Crippen molar-refractivity contribution in [1.82, 2.24) is 10.0 Å². The van der Waals surface area contributed by atoms with Crippen LogP contribution < -0.4 is 20.5 Å². The second-order valence-electron chi connectivity index (χ2n) is 4.02. The molecule has 1 aromatic rings. The van der Waals surface area contributed by atoms with E-state index in [9.17, 15) is 13.2 Å². The predicted octanol–water partition coefficient (Wildman–Crippen LogP) is -0.297. The summed E-state index contributed by atoms with van der Waals surface area (Å²) < 4.78 is 30.2. The van der Waals surface area contributed by atoms with Crippen LogP contribution in [0.5, 0.6) is 5.75 Å². The first kappa shape index (κ1) is 16.3. The summed E-state index contributed by atoms with van der Waals surface area (Å²) >= 11 is 0. The molecule has 0 aliphatic rings. The van der Waals surface area contributed by atoms with Gasteiger partial charge in [0.05, 0.1) is 5.75 Å². The van der Waals surface area contributed by atoms with Gasteiger partial charge in [-0.1, -0.05) is 6.92 Å². The highest BCUT2D eigenvalue weighted by Crippen LogP contribution is 2.12. The highest BCUT2D eigenvalue weighted by Gasteiger charge is 2.09. The monoisotopic (exact) mass is 301 g/mol. The topological polar surface area (TPSA) is 111 Å². The van der Waals surface area contributed by atoms with Crippen LogP contribution >= 0.6 is 0 Å². The number of hydrogen-bond donors (Lipinski definition) is 3. The lowest BCUT2D eigenvalue weighted by Gasteiger charge is -2.08. The first-order valence-electron chi connectivity index (χ1n) is 6.15. The van der Waals surface area contributed by atoms with Gasteiger partial charge >= 0.3 is 0 Å². The summed E-state index contributed by atoms with van der Waals surface area (Å²) in [6, 6.07) is 6.63. The van der Waals surface area contributed by atoms with E-state index in [1.54, 1.807) is 31.2 Å². The Hall–Kier alpha value is -1.80. The van der Waals surface area contributed by atoms with E-state index in [2.05, 4.69) is 10.0 Å². The van der Waals surface area contributed by atoms with E-state index in [4.69, 9.17) is 10.5 Å². The number of amides is 1. The Morgan fingerprint density at radius 2 is 1.95 bits per heavy atom. The van der Waals surface area contributed by atoms with Gasteiger partial charge in [-0.25, -0.2) is 13.1 Å². The molecule has 112 valence electrons. The number of ether oxygens (including phenoxy) is 1. The van der Waals surface area contributed by atoms with Crippen molar-refractivity contribution in [2.24, 2.45) is 0 Å². The van der Waals surface area contributed by atoms with Gasteiger partial charge in [-0.05, 0) is 24.3 Å². The number of carbonyl (C=O) groups is 1. The van der Waals surface area contributed by atoms with Gasteiger partial charge in [0.2, 0.25) is 10.0 Å². The number of hydrogen-bond acceptors (Lipinski definition) is 5. The average molecular weight is 301 g/mol.